The fraction of sp³-hybridized carbons (Fsp3) is 0.655. The number of hydrogen-bond donors (Lipinski definition) is 0. The Morgan fingerprint density at radius 2 is 1.44 bits per heavy atom. The SMILES string of the molecule is C=CC1CCC(c2ccc(C3CCC(COC4CCC(C5CO5)C=C4F)CC3)c(F)c2F)CC1. The predicted octanol–water partition coefficient (Wildman–Crippen LogP) is 7.75. The van der Waals surface area contributed by atoms with Crippen molar-refractivity contribution >= 4 is 0 Å². The molecule has 34 heavy (non-hydrogen) atoms. The lowest BCUT2D eigenvalue weighted by molar-refractivity contribution is 0.0153. The van der Waals surface area contributed by atoms with E-state index in [2.05, 4.69) is 6.58 Å². The van der Waals surface area contributed by atoms with Gasteiger partial charge in [-0.15, -0.1) is 6.58 Å². The summed E-state index contributed by atoms with van der Waals surface area (Å²) in [5, 5.41) is 0. The number of ether oxygens (including phenoxy) is 2. The van der Waals surface area contributed by atoms with E-state index in [4.69, 9.17) is 9.47 Å². The van der Waals surface area contributed by atoms with Gasteiger partial charge in [0, 0.05) is 5.92 Å². The molecule has 0 N–H and O–H groups in total. The molecule has 0 aromatic heterocycles. The first kappa shape index (κ1) is 24.1. The molecule has 2 saturated carbocycles. The van der Waals surface area contributed by atoms with Crippen molar-refractivity contribution in [3.05, 3.63) is 59.5 Å². The maximum Gasteiger partial charge on any atom is 0.162 e. The molecule has 4 aliphatic rings. The lowest BCUT2D eigenvalue weighted by Crippen LogP contribution is -2.26. The first-order valence-electron chi connectivity index (χ1n) is 13.2. The lowest BCUT2D eigenvalue weighted by Gasteiger charge is -2.31. The Balaban J connectivity index is 1.12. The molecule has 1 heterocycles. The summed E-state index contributed by atoms with van der Waals surface area (Å²) in [6.45, 7) is 5.14. The van der Waals surface area contributed by atoms with Gasteiger partial charge in [0.25, 0.3) is 0 Å². The molecular formula is C29H37F3O2. The molecular weight excluding hydrogens is 437 g/mol. The van der Waals surface area contributed by atoms with Crippen molar-refractivity contribution in [2.45, 2.75) is 88.3 Å². The zero-order valence-electron chi connectivity index (χ0n) is 20.0. The van der Waals surface area contributed by atoms with Gasteiger partial charge < -0.3 is 9.47 Å². The van der Waals surface area contributed by atoms with Crippen LogP contribution in [0.5, 0.6) is 0 Å². The molecule has 3 aliphatic carbocycles. The average Bonchev–Trinajstić information content (AvgIpc) is 3.71. The Labute approximate surface area is 201 Å². The number of halogens is 3. The van der Waals surface area contributed by atoms with Crippen molar-refractivity contribution in [1.29, 1.82) is 0 Å². The molecule has 5 rings (SSSR count). The van der Waals surface area contributed by atoms with Gasteiger partial charge in [0.1, 0.15) is 11.9 Å². The maximum atomic E-state index is 15.1. The van der Waals surface area contributed by atoms with Crippen molar-refractivity contribution in [3.63, 3.8) is 0 Å². The molecule has 1 aliphatic heterocycles. The van der Waals surface area contributed by atoms with E-state index in [0.717, 1.165) is 64.4 Å². The Morgan fingerprint density at radius 3 is 1.97 bits per heavy atom. The van der Waals surface area contributed by atoms with Gasteiger partial charge in [-0.1, -0.05) is 18.2 Å². The van der Waals surface area contributed by atoms with E-state index in [9.17, 15) is 4.39 Å². The average molecular weight is 475 g/mol. The molecule has 0 amide bonds. The number of hydrogen-bond acceptors (Lipinski definition) is 2. The summed E-state index contributed by atoms with van der Waals surface area (Å²) in [5.74, 6) is -0.250. The van der Waals surface area contributed by atoms with Gasteiger partial charge >= 0.3 is 0 Å². The molecule has 0 radical (unpaired) electrons. The normalized spacial score (nSPS) is 36.1. The van der Waals surface area contributed by atoms with Crippen LogP contribution in [0.4, 0.5) is 13.2 Å². The van der Waals surface area contributed by atoms with Crippen molar-refractivity contribution in [3.8, 4) is 0 Å². The van der Waals surface area contributed by atoms with Crippen molar-refractivity contribution in [2.24, 2.45) is 17.8 Å². The minimum atomic E-state index is -0.647. The summed E-state index contributed by atoms with van der Waals surface area (Å²) in [6, 6.07) is 3.66. The minimum absolute atomic E-state index is 0.0434. The second kappa shape index (κ2) is 10.6. The van der Waals surface area contributed by atoms with Crippen molar-refractivity contribution in [1.82, 2.24) is 0 Å². The maximum absolute atomic E-state index is 15.1. The zero-order valence-corrected chi connectivity index (χ0v) is 20.0. The standard InChI is InChI=1S/C29H37F3O2/c1-2-18-3-7-20(8-4-18)23-12-13-24(29(32)28(23)31)21-9-5-19(6-10-21)16-33-26-14-11-22(15-25(26)30)27-17-34-27/h2,12-13,15,18-22,26-27H,1,3-11,14,16-17H2. The van der Waals surface area contributed by atoms with Crippen LogP contribution < -0.4 is 0 Å². The predicted molar refractivity (Wildman–Crippen MR) is 127 cm³/mol. The molecule has 5 heteroatoms. The molecule has 1 aromatic carbocycles. The molecule has 2 nitrogen and oxygen atoms in total. The minimum Gasteiger partial charge on any atom is -0.372 e. The summed E-state index contributed by atoms with van der Waals surface area (Å²) >= 11 is 0. The van der Waals surface area contributed by atoms with Crippen molar-refractivity contribution in [2.75, 3.05) is 13.2 Å². The van der Waals surface area contributed by atoms with E-state index in [1.54, 1.807) is 6.08 Å². The summed E-state index contributed by atoms with van der Waals surface area (Å²) in [7, 11) is 0. The van der Waals surface area contributed by atoms with Crippen LogP contribution in [0.2, 0.25) is 0 Å². The van der Waals surface area contributed by atoms with E-state index in [-0.39, 0.29) is 29.7 Å². The Morgan fingerprint density at radius 1 is 0.853 bits per heavy atom. The highest BCUT2D eigenvalue weighted by atomic mass is 19.2. The first-order valence-corrected chi connectivity index (χ1v) is 13.2. The second-order valence-electron chi connectivity index (χ2n) is 10.9. The van der Waals surface area contributed by atoms with Crippen LogP contribution >= 0.6 is 0 Å². The lowest BCUT2D eigenvalue weighted by atomic mass is 9.76. The number of benzene rings is 1. The van der Waals surface area contributed by atoms with Gasteiger partial charge in [0.2, 0.25) is 0 Å². The van der Waals surface area contributed by atoms with Crippen LogP contribution in [0.15, 0.2) is 36.7 Å². The van der Waals surface area contributed by atoms with E-state index in [0.29, 0.717) is 36.0 Å². The van der Waals surface area contributed by atoms with Crippen molar-refractivity contribution < 1.29 is 22.6 Å². The van der Waals surface area contributed by atoms with Gasteiger partial charge in [-0.05, 0) is 105 Å². The summed E-state index contributed by atoms with van der Waals surface area (Å²) in [6.07, 6.45) is 12.3. The third kappa shape index (κ3) is 5.31. The number of epoxide rings is 1. The van der Waals surface area contributed by atoms with Gasteiger partial charge in [-0.3, -0.25) is 0 Å². The van der Waals surface area contributed by atoms with Gasteiger partial charge in [0.05, 0.1) is 19.3 Å². The third-order valence-corrected chi connectivity index (χ3v) is 8.79. The van der Waals surface area contributed by atoms with Crippen LogP contribution in [0, 0.1) is 29.4 Å². The second-order valence-corrected chi connectivity index (χ2v) is 10.9. The third-order valence-electron chi connectivity index (χ3n) is 8.79. The van der Waals surface area contributed by atoms with E-state index < -0.39 is 17.7 Å². The molecule has 0 spiro atoms. The fourth-order valence-corrected chi connectivity index (χ4v) is 6.40. The zero-order chi connectivity index (χ0) is 23.7. The molecule has 186 valence electrons. The number of allylic oxidation sites excluding steroid dienone is 1. The van der Waals surface area contributed by atoms with Crippen LogP contribution in [-0.4, -0.2) is 25.4 Å². The van der Waals surface area contributed by atoms with Gasteiger partial charge in [-0.25, -0.2) is 13.2 Å². The molecule has 0 bridgehead atoms. The summed E-state index contributed by atoms with van der Waals surface area (Å²) < 4.78 is 55.8. The van der Waals surface area contributed by atoms with E-state index in [1.807, 2.05) is 18.2 Å². The first-order chi connectivity index (χ1) is 16.5. The highest BCUT2D eigenvalue weighted by Crippen LogP contribution is 2.42. The highest BCUT2D eigenvalue weighted by molar-refractivity contribution is 5.32. The largest absolute Gasteiger partial charge is 0.372 e. The molecule has 1 saturated heterocycles. The van der Waals surface area contributed by atoms with Gasteiger partial charge in [-0.2, -0.15) is 0 Å². The van der Waals surface area contributed by atoms with Crippen LogP contribution in [0.25, 0.3) is 0 Å². The molecule has 3 unspecified atom stereocenters. The molecule has 1 aromatic rings. The van der Waals surface area contributed by atoms with E-state index >= 15 is 8.78 Å². The summed E-state index contributed by atoms with van der Waals surface area (Å²) in [5.41, 5.74) is 1.07. The van der Waals surface area contributed by atoms with Crippen LogP contribution in [-0.2, 0) is 9.47 Å². The molecule has 3 atom stereocenters. The van der Waals surface area contributed by atoms with Gasteiger partial charge in [0.15, 0.2) is 11.6 Å². The monoisotopic (exact) mass is 474 g/mol. The topological polar surface area (TPSA) is 21.8 Å². The fourth-order valence-electron chi connectivity index (χ4n) is 6.40. The van der Waals surface area contributed by atoms with Crippen LogP contribution in [0.1, 0.15) is 87.2 Å². The smallest absolute Gasteiger partial charge is 0.162 e. The summed E-state index contributed by atoms with van der Waals surface area (Å²) in [4.78, 5) is 0. The Bertz CT molecular complexity index is 893. The quantitative estimate of drug-likeness (QED) is 0.298. The number of rotatable bonds is 7. The Kier molecular flexibility index (Phi) is 7.50. The highest BCUT2D eigenvalue weighted by Gasteiger charge is 2.36. The van der Waals surface area contributed by atoms with E-state index in [1.165, 1.54) is 0 Å². The van der Waals surface area contributed by atoms with Crippen LogP contribution in [0.3, 0.4) is 0 Å². The molecule has 3 fully saturated rings. The Hall–Kier alpha value is -1.59.